The lowest BCUT2D eigenvalue weighted by Gasteiger charge is -2.38. The summed E-state index contributed by atoms with van der Waals surface area (Å²) in [6, 6.07) is 33.8. The quantitative estimate of drug-likeness (QED) is 0.320. The van der Waals surface area contributed by atoms with E-state index < -0.39 is 17.0 Å². The van der Waals surface area contributed by atoms with E-state index in [2.05, 4.69) is 5.11 Å². The molecule has 0 bridgehead atoms. The normalized spacial score (nSPS) is 19.5. The van der Waals surface area contributed by atoms with E-state index in [9.17, 15) is 9.59 Å². The fourth-order valence-corrected chi connectivity index (χ4v) is 5.58. The Bertz CT molecular complexity index is 1370. The number of Topliss-reactive ketones (excluding diaryl/α,β-unsaturated/α-hetero) is 2. The number of fused-ring (bicyclic) bond motifs is 1. The highest BCUT2D eigenvalue weighted by Crippen LogP contribution is 2.60. The lowest BCUT2D eigenvalue weighted by molar-refractivity contribution is 0.0772. The fourth-order valence-electron chi connectivity index (χ4n) is 5.46. The summed E-state index contributed by atoms with van der Waals surface area (Å²) in [5.41, 5.74) is 0.505. The first-order chi connectivity index (χ1) is 16.6. The number of ketones is 2. The summed E-state index contributed by atoms with van der Waals surface area (Å²) in [5.74, 6) is -1.33. The van der Waals surface area contributed by atoms with Gasteiger partial charge in [0.15, 0.2) is 0 Å². The zero-order valence-corrected chi connectivity index (χ0v) is 18.8. The Morgan fingerprint density at radius 2 is 1.00 bits per heavy atom. The van der Waals surface area contributed by atoms with Gasteiger partial charge in [-0.25, -0.2) is 0 Å². The SMILES string of the molecule is O=C1c2ccccc2C(=O)C12N=NC(c1ccccc1)(c1ccccc1)C2c1ccc(Cl)cc1. The Morgan fingerprint density at radius 1 is 0.559 bits per heavy atom. The molecule has 1 heterocycles. The predicted molar refractivity (Wildman–Crippen MR) is 131 cm³/mol. The van der Waals surface area contributed by atoms with E-state index in [1.54, 1.807) is 36.4 Å². The Hall–Kier alpha value is -3.89. The first-order valence-corrected chi connectivity index (χ1v) is 11.5. The van der Waals surface area contributed by atoms with Crippen LogP contribution in [0.5, 0.6) is 0 Å². The summed E-state index contributed by atoms with van der Waals surface area (Å²) < 4.78 is 0. The molecule has 0 amide bonds. The smallest absolute Gasteiger partial charge is 0.216 e. The topological polar surface area (TPSA) is 58.9 Å². The Labute approximate surface area is 201 Å². The van der Waals surface area contributed by atoms with Crippen LogP contribution < -0.4 is 0 Å². The van der Waals surface area contributed by atoms with Crippen LogP contribution in [0, 0.1) is 0 Å². The van der Waals surface area contributed by atoms with Gasteiger partial charge in [-0.3, -0.25) is 9.59 Å². The zero-order chi connectivity index (χ0) is 23.3. The molecule has 34 heavy (non-hydrogen) atoms. The molecule has 2 aliphatic rings. The second kappa shape index (κ2) is 7.57. The lowest BCUT2D eigenvalue weighted by Crippen LogP contribution is -2.49. The van der Waals surface area contributed by atoms with Crippen molar-refractivity contribution in [2.75, 3.05) is 0 Å². The molecule has 164 valence electrons. The molecule has 4 nitrogen and oxygen atoms in total. The highest BCUT2D eigenvalue weighted by atomic mass is 35.5. The minimum atomic E-state index is -1.69. The molecule has 1 spiro atoms. The second-order valence-corrected chi connectivity index (χ2v) is 9.09. The molecule has 4 aromatic rings. The van der Waals surface area contributed by atoms with Gasteiger partial charge < -0.3 is 0 Å². The summed E-state index contributed by atoms with van der Waals surface area (Å²) in [7, 11) is 0. The Kier molecular flexibility index (Phi) is 4.61. The monoisotopic (exact) mass is 462 g/mol. The van der Waals surface area contributed by atoms with Gasteiger partial charge in [-0.2, -0.15) is 10.2 Å². The number of hydrogen-bond acceptors (Lipinski definition) is 4. The van der Waals surface area contributed by atoms with E-state index in [1.807, 2.05) is 72.8 Å². The summed E-state index contributed by atoms with van der Waals surface area (Å²) in [6.45, 7) is 0. The van der Waals surface area contributed by atoms with Crippen LogP contribution in [0.2, 0.25) is 5.02 Å². The van der Waals surface area contributed by atoms with Crippen LogP contribution in [0.4, 0.5) is 0 Å². The molecule has 5 heteroatoms. The van der Waals surface area contributed by atoms with Gasteiger partial charge in [0.25, 0.3) is 0 Å². The molecule has 0 saturated heterocycles. The van der Waals surface area contributed by atoms with Crippen LogP contribution in [0.25, 0.3) is 0 Å². The predicted octanol–water partition coefficient (Wildman–Crippen LogP) is 6.65. The Morgan fingerprint density at radius 3 is 1.50 bits per heavy atom. The standard InChI is InChI=1S/C29H19ClN2O2/c30-22-17-15-19(16-18-22)25-28(20-9-3-1-4-10-20,21-11-5-2-6-12-21)31-32-29(25)26(33)23-13-7-8-14-24(23)27(29)34/h1-18,25H. The van der Waals surface area contributed by atoms with Crippen LogP contribution >= 0.6 is 11.6 Å². The largest absolute Gasteiger partial charge is 0.291 e. The van der Waals surface area contributed by atoms with Gasteiger partial charge in [-0.05, 0) is 28.8 Å². The average molecular weight is 463 g/mol. The van der Waals surface area contributed by atoms with Crippen molar-refractivity contribution in [3.8, 4) is 0 Å². The zero-order valence-electron chi connectivity index (χ0n) is 18.1. The van der Waals surface area contributed by atoms with Crippen molar-refractivity contribution < 1.29 is 9.59 Å². The van der Waals surface area contributed by atoms with Crippen molar-refractivity contribution in [2.45, 2.75) is 17.0 Å². The van der Waals surface area contributed by atoms with E-state index >= 15 is 0 Å². The fraction of sp³-hybridized carbons (Fsp3) is 0.103. The molecule has 0 N–H and O–H groups in total. The molecule has 0 radical (unpaired) electrons. The molecule has 0 fully saturated rings. The third-order valence-corrected chi connectivity index (χ3v) is 7.19. The van der Waals surface area contributed by atoms with E-state index in [-0.39, 0.29) is 11.6 Å². The van der Waals surface area contributed by atoms with Gasteiger partial charge >= 0.3 is 0 Å². The van der Waals surface area contributed by atoms with E-state index in [0.29, 0.717) is 16.1 Å². The summed E-state index contributed by atoms with van der Waals surface area (Å²) in [6.07, 6.45) is 0. The van der Waals surface area contributed by atoms with Crippen LogP contribution in [0.15, 0.2) is 119 Å². The van der Waals surface area contributed by atoms with Gasteiger partial charge in [0.05, 0.1) is 5.92 Å². The molecule has 0 aromatic heterocycles. The van der Waals surface area contributed by atoms with Gasteiger partial charge in [-0.15, -0.1) is 0 Å². The van der Waals surface area contributed by atoms with Crippen molar-refractivity contribution in [2.24, 2.45) is 10.2 Å². The summed E-state index contributed by atoms with van der Waals surface area (Å²) in [5, 5.41) is 10.1. The average Bonchev–Trinajstić information content (AvgIpc) is 3.36. The molecule has 4 aromatic carbocycles. The maximum atomic E-state index is 14.0. The molecule has 1 aliphatic heterocycles. The van der Waals surface area contributed by atoms with Crippen LogP contribution in [-0.2, 0) is 5.54 Å². The Balaban J connectivity index is 1.70. The number of nitrogens with zero attached hydrogens (tertiary/aromatic N) is 2. The molecule has 1 unspecified atom stereocenters. The number of carbonyl (C=O) groups is 2. The molecular formula is C29H19ClN2O2. The third-order valence-electron chi connectivity index (χ3n) is 6.94. The first kappa shape index (κ1) is 20.7. The van der Waals surface area contributed by atoms with Gasteiger partial charge in [0.1, 0.15) is 5.54 Å². The maximum absolute atomic E-state index is 14.0. The second-order valence-electron chi connectivity index (χ2n) is 8.65. The molecule has 0 saturated carbocycles. The van der Waals surface area contributed by atoms with Crippen molar-refractivity contribution in [3.63, 3.8) is 0 Å². The molecular weight excluding hydrogens is 444 g/mol. The van der Waals surface area contributed by atoms with Crippen LogP contribution in [0.1, 0.15) is 43.3 Å². The maximum Gasteiger partial charge on any atom is 0.216 e. The number of azo groups is 1. The first-order valence-electron chi connectivity index (χ1n) is 11.1. The lowest BCUT2D eigenvalue weighted by atomic mass is 9.62. The van der Waals surface area contributed by atoms with E-state index in [1.165, 1.54) is 0 Å². The summed E-state index contributed by atoms with van der Waals surface area (Å²) in [4.78, 5) is 28.1. The van der Waals surface area contributed by atoms with Gasteiger partial charge in [-0.1, -0.05) is 109 Å². The minimum absolute atomic E-state index is 0.314. The number of rotatable bonds is 3. The van der Waals surface area contributed by atoms with Crippen molar-refractivity contribution >= 4 is 23.2 Å². The third kappa shape index (κ3) is 2.66. The highest BCUT2D eigenvalue weighted by Gasteiger charge is 2.69. The van der Waals surface area contributed by atoms with Crippen molar-refractivity contribution in [1.82, 2.24) is 0 Å². The number of benzene rings is 4. The number of carbonyl (C=O) groups excluding carboxylic acids is 2. The number of halogens is 1. The van der Waals surface area contributed by atoms with Crippen LogP contribution in [0.3, 0.4) is 0 Å². The molecule has 1 aliphatic carbocycles. The number of hydrogen-bond donors (Lipinski definition) is 0. The van der Waals surface area contributed by atoms with Crippen LogP contribution in [-0.4, -0.2) is 17.1 Å². The highest BCUT2D eigenvalue weighted by molar-refractivity contribution is 6.34. The van der Waals surface area contributed by atoms with E-state index in [4.69, 9.17) is 16.7 Å². The van der Waals surface area contributed by atoms with Gasteiger partial charge in [0.2, 0.25) is 17.1 Å². The summed E-state index contributed by atoms with van der Waals surface area (Å²) >= 11 is 6.22. The van der Waals surface area contributed by atoms with E-state index in [0.717, 1.165) is 16.7 Å². The van der Waals surface area contributed by atoms with Crippen molar-refractivity contribution in [1.29, 1.82) is 0 Å². The molecule has 1 atom stereocenters. The van der Waals surface area contributed by atoms with Gasteiger partial charge in [0, 0.05) is 16.1 Å². The molecule has 6 rings (SSSR count). The van der Waals surface area contributed by atoms with Crippen molar-refractivity contribution in [3.05, 3.63) is 142 Å². The minimum Gasteiger partial charge on any atom is -0.291 e.